The third kappa shape index (κ3) is 6.41. The van der Waals surface area contributed by atoms with E-state index >= 15 is 0 Å². The number of halogens is 3. The Balaban J connectivity index is 3.51. The van der Waals surface area contributed by atoms with Gasteiger partial charge in [0.05, 0.1) is 14.2 Å². The summed E-state index contributed by atoms with van der Waals surface area (Å²) in [5, 5.41) is 1.97. The molecule has 0 aliphatic rings. The number of carbonyl (C=O) groups is 1. The van der Waals surface area contributed by atoms with Gasteiger partial charge in [-0.25, -0.2) is 0 Å². The zero-order valence-corrected chi connectivity index (χ0v) is 18.2. The van der Waals surface area contributed by atoms with Gasteiger partial charge >= 0.3 is 6.18 Å². The summed E-state index contributed by atoms with van der Waals surface area (Å²) in [5.74, 6) is 0.0511. The fraction of sp³-hybridized carbons (Fsp3) is 0.591. The van der Waals surface area contributed by atoms with Crippen molar-refractivity contribution in [3.8, 4) is 11.5 Å². The standard InChI is InChI=1S/C22H32F3NO3/c1-8-13(3)10-17(14(4)9-2)16-11-18(28-6)20(19(12-16)29-7)21(27)26-15(5)22(23,24)25/h10-15H,8-9H2,1-7H3,(H,26,27)/b17-10+. The highest BCUT2D eigenvalue weighted by molar-refractivity contribution is 6.00. The summed E-state index contributed by atoms with van der Waals surface area (Å²) in [6, 6.07) is 1.39. The minimum absolute atomic E-state index is 0.0538. The van der Waals surface area contributed by atoms with Crippen LogP contribution in [0.1, 0.15) is 63.4 Å². The van der Waals surface area contributed by atoms with Crippen LogP contribution in [-0.4, -0.2) is 32.3 Å². The van der Waals surface area contributed by atoms with Crippen molar-refractivity contribution < 1.29 is 27.4 Å². The van der Waals surface area contributed by atoms with Gasteiger partial charge in [-0.15, -0.1) is 0 Å². The molecular weight excluding hydrogens is 383 g/mol. The molecule has 0 spiro atoms. The zero-order valence-electron chi connectivity index (χ0n) is 18.2. The molecule has 0 radical (unpaired) electrons. The SMILES string of the molecule is CCC(C)/C=C(/c1cc(OC)c(C(=O)NC(C)C(F)(F)F)c(OC)c1)C(C)CC. The Labute approximate surface area is 171 Å². The molecule has 1 rings (SSSR count). The molecule has 0 aromatic heterocycles. The van der Waals surface area contributed by atoms with E-state index in [9.17, 15) is 18.0 Å². The molecular formula is C22H32F3NO3. The summed E-state index contributed by atoms with van der Waals surface area (Å²) in [5.41, 5.74) is 1.87. The van der Waals surface area contributed by atoms with Crippen molar-refractivity contribution >= 4 is 11.5 Å². The first-order valence-corrected chi connectivity index (χ1v) is 9.85. The smallest absolute Gasteiger partial charge is 0.408 e. The van der Waals surface area contributed by atoms with Crippen LogP contribution in [0.5, 0.6) is 11.5 Å². The number of alkyl halides is 3. The number of hydrogen-bond donors (Lipinski definition) is 1. The molecule has 1 aromatic carbocycles. The lowest BCUT2D eigenvalue weighted by molar-refractivity contribution is -0.149. The number of ether oxygens (including phenoxy) is 2. The molecule has 1 amide bonds. The Morgan fingerprint density at radius 3 is 1.97 bits per heavy atom. The molecule has 3 atom stereocenters. The third-order valence-corrected chi connectivity index (χ3v) is 5.16. The van der Waals surface area contributed by atoms with Crippen molar-refractivity contribution in [2.45, 2.75) is 59.7 Å². The Bertz CT molecular complexity index is 703. The van der Waals surface area contributed by atoms with Crippen LogP contribution >= 0.6 is 0 Å². The molecule has 164 valence electrons. The van der Waals surface area contributed by atoms with Crippen LogP contribution in [0.2, 0.25) is 0 Å². The summed E-state index contributed by atoms with van der Waals surface area (Å²) in [6.45, 7) is 9.31. The highest BCUT2D eigenvalue weighted by Crippen LogP contribution is 2.37. The molecule has 7 heteroatoms. The van der Waals surface area contributed by atoms with Crippen molar-refractivity contribution in [1.82, 2.24) is 5.32 Å². The molecule has 0 bridgehead atoms. The summed E-state index contributed by atoms with van der Waals surface area (Å²) in [4.78, 5) is 12.6. The maximum Gasteiger partial charge on any atom is 0.408 e. The van der Waals surface area contributed by atoms with Gasteiger partial charge in [-0.05, 0) is 48.4 Å². The largest absolute Gasteiger partial charge is 0.496 e. The highest BCUT2D eigenvalue weighted by Gasteiger charge is 2.38. The van der Waals surface area contributed by atoms with Gasteiger partial charge in [-0.1, -0.05) is 40.2 Å². The van der Waals surface area contributed by atoms with Gasteiger partial charge in [0.15, 0.2) is 0 Å². The van der Waals surface area contributed by atoms with Crippen molar-refractivity contribution in [2.24, 2.45) is 11.8 Å². The summed E-state index contributed by atoms with van der Waals surface area (Å²) in [6.07, 6.45) is -0.463. The average Bonchev–Trinajstić information content (AvgIpc) is 2.68. The maximum atomic E-state index is 12.9. The first kappa shape index (κ1) is 24.9. The predicted octanol–water partition coefficient (Wildman–Crippen LogP) is 5.86. The third-order valence-electron chi connectivity index (χ3n) is 5.16. The Morgan fingerprint density at radius 2 is 1.59 bits per heavy atom. The van der Waals surface area contributed by atoms with E-state index in [2.05, 4.69) is 33.8 Å². The van der Waals surface area contributed by atoms with Crippen LogP contribution in [0, 0.1) is 11.8 Å². The highest BCUT2D eigenvalue weighted by atomic mass is 19.4. The quantitative estimate of drug-likeness (QED) is 0.549. The number of amides is 1. The fourth-order valence-electron chi connectivity index (χ4n) is 2.84. The van der Waals surface area contributed by atoms with Gasteiger partial charge in [0.2, 0.25) is 0 Å². The first-order valence-electron chi connectivity index (χ1n) is 9.85. The van der Waals surface area contributed by atoms with Gasteiger partial charge in [-0.2, -0.15) is 13.2 Å². The molecule has 0 saturated heterocycles. The molecule has 3 unspecified atom stereocenters. The molecule has 29 heavy (non-hydrogen) atoms. The molecule has 4 nitrogen and oxygen atoms in total. The normalized spacial score (nSPS) is 15.4. The van der Waals surface area contributed by atoms with Crippen molar-refractivity contribution in [3.63, 3.8) is 0 Å². The van der Waals surface area contributed by atoms with E-state index in [0.29, 0.717) is 5.92 Å². The Hall–Kier alpha value is -2.18. The second-order valence-corrected chi connectivity index (χ2v) is 7.31. The summed E-state index contributed by atoms with van der Waals surface area (Å²) in [7, 11) is 2.76. The van der Waals surface area contributed by atoms with E-state index in [-0.39, 0.29) is 23.0 Å². The monoisotopic (exact) mass is 415 g/mol. The van der Waals surface area contributed by atoms with Gasteiger partial charge in [-0.3, -0.25) is 4.79 Å². The molecule has 0 aliphatic carbocycles. The fourth-order valence-corrected chi connectivity index (χ4v) is 2.84. The average molecular weight is 415 g/mol. The number of methoxy groups -OCH3 is 2. The topological polar surface area (TPSA) is 47.6 Å². The van der Waals surface area contributed by atoms with E-state index in [0.717, 1.165) is 30.9 Å². The van der Waals surface area contributed by atoms with Gasteiger partial charge in [0, 0.05) is 0 Å². The molecule has 1 N–H and O–H groups in total. The maximum absolute atomic E-state index is 12.9. The van der Waals surface area contributed by atoms with Crippen molar-refractivity contribution in [3.05, 3.63) is 29.3 Å². The van der Waals surface area contributed by atoms with Crippen molar-refractivity contribution in [2.75, 3.05) is 14.2 Å². The Morgan fingerprint density at radius 1 is 1.07 bits per heavy atom. The minimum Gasteiger partial charge on any atom is -0.496 e. The predicted molar refractivity (Wildman–Crippen MR) is 109 cm³/mol. The lowest BCUT2D eigenvalue weighted by atomic mass is 9.87. The second-order valence-electron chi connectivity index (χ2n) is 7.31. The molecule has 0 saturated carbocycles. The van der Waals surface area contributed by atoms with E-state index < -0.39 is 18.1 Å². The number of benzene rings is 1. The van der Waals surface area contributed by atoms with E-state index in [1.165, 1.54) is 14.2 Å². The van der Waals surface area contributed by atoms with Crippen LogP contribution in [0.25, 0.3) is 5.57 Å². The van der Waals surface area contributed by atoms with Crippen LogP contribution in [-0.2, 0) is 0 Å². The van der Waals surface area contributed by atoms with Gasteiger partial charge < -0.3 is 14.8 Å². The summed E-state index contributed by atoms with van der Waals surface area (Å²) < 4.78 is 49.3. The second kappa shape index (κ2) is 10.6. The number of allylic oxidation sites excluding steroid dienone is 2. The summed E-state index contributed by atoms with van der Waals surface area (Å²) >= 11 is 0. The molecule has 1 aromatic rings. The van der Waals surface area contributed by atoms with E-state index in [1.54, 1.807) is 12.1 Å². The van der Waals surface area contributed by atoms with E-state index in [4.69, 9.17) is 9.47 Å². The number of hydrogen-bond acceptors (Lipinski definition) is 3. The number of rotatable bonds is 9. The molecule has 0 heterocycles. The first-order chi connectivity index (χ1) is 13.5. The number of carbonyl (C=O) groups excluding carboxylic acids is 1. The van der Waals surface area contributed by atoms with Gasteiger partial charge in [0.25, 0.3) is 5.91 Å². The minimum atomic E-state index is -4.54. The van der Waals surface area contributed by atoms with Crippen LogP contribution in [0.3, 0.4) is 0 Å². The zero-order chi connectivity index (χ0) is 22.4. The van der Waals surface area contributed by atoms with Crippen LogP contribution in [0.4, 0.5) is 13.2 Å². The van der Waals surface area contributed by atoms with E-state index in [1.807, 2.05) is 5.32 Å². The molecule has 0 aliphatic heterocycles. The van der Waals surface area contributed by atoms with Crippen molar-refractivity contribution in [1.29, 1.82) is 0 Å². The van der Waals surface area contributed by atoms with Gasteiger partial charge in [0.1, 0.15) is 23.1 Å². The lowest BCUT2D eigenvalue weighted by Crippen LogP contribution is -2.43. The van der Waals surface area contributed by atoms with Crippen LogP contribution in [0.15, 0.2) is 18.2 Å². The lowest BCUT2D eigenvalue weighted by Gasteiger charge is -2.22. The Kier molecular flexibility index (Phi) is 9.05. The number of nitrogens with one attached hydrogen (secondary N) is 1. The van der Waals surface area contributed by atoms with Crippen LogP contribution < -0.4 is 14.8 Å². The molecule has 0 fully saturated rings.